The predicted molar refractivity (Wildman–Crippen MR) is 124 cm³/mol. The Morgan fingerprint density at radius 3 is 2.76 bits per heavy atom. The van der Waals surface area contributed by atoms with Crippen molar-refractivity contribution >= 4 is 17.7 Å². The van der Waals surface area contributed by atoms with Crippen LogP contribution in [0, 0.1) is 0 Å². The van der Waals surface area contributed by atoms with E-state index in [1.165, 1.54) is 0 Å². The summed E-state index contributed by atoms with van der Waals surface area (Å²) in [5.74, 6) is -1.51. The molecule has 3 heterocycles. The number of nitrogens with one attached hydrogen (secondary N) is 1. The Labute approximate surface area is 203 Å². The smallest absolute Gasteiger partial charge is 0.255 e. The number of allylic oxidation sites excluding steroid dienone is 1. The van der Waals surface area contributed by atoms with Crippen molar-refractivity contribution in [3.8, 4) is 5.75 Å². The van der Waals surface area contributed by atoms with Gasteiger partial charge in [0.05, 0.1) is 18.6 Å². The average Bonchev–Trinajstić information content (AvgIpc) is 3.06. The fourth-order valence-electron chi connectivity index (χ4n) is 4.18. The van der Waals surface area contributed by atoms with E-state index in [0.29, 0.717) is 31.8 Å². The summed E-state index contributed by atoms with van der Waals surface area (Å²) in [6.45, 7) is 2.82. The minimum atomic E-state index is -2.43. The molecule has 1 unspecified atom stereocenters. The van der Waals surface area contributed by atoms with Gasteiger partial charge in [-0.25, -0.2) is 0 Å². The first-order chi connectivity index (χ1) is 18.1. The molecule has 0 bridgehead atoms. The number of nitrogens with zero attached hydrogens (tertiary/aromatic N) is 2. The topological polar surface area (TPSA) is 88.2 Å². The zero-order valence-corrected chi connectivity index (χ0v) is 18.6. The number of hydrogen-bond donors (Lipinski definition) is 1. The Bertz CT molecular complexity index is 1330. The molecule has 0 aromatic heterocycles. The summed E-state index contributed by atoms with van der Waals surface area (Å²) in [4.78, 5) is 40.5. The van der Waals surface area contributed by atoms with Crippen molar-refractivity contribution in [2.24, 2.45) is 0 Å². The monoisotopic (exact) mass is 465 g/mol. The van der Waals surface area contributed by atoms with E-state index < -0.39 is 24.4 Å². The maximum absolute atomic E-state index is 13.3. The van der Waals surface area contributed by atoms with Crippen molar-refractivity contribution in [2.75, 3.05) is 19.8 Å². The molecule has 1 N–H and O–H groups in total. The average molecular weight is 466 g/mol. The summed E-state index contributed by atoms with van der Waals surface area (Å²) in [5, 5.41) is 2.58. The van der Waals surface area contributed by atoms with Crippen molar-refractivity contribution in [3.63, 3.8) is 0 Å². The lowest BCUT2D eigenvalue weighted by atomic mass is 10.0. The third kappa shape index (κ3) is 4.41. The molecule has 1 atom stereocenters. The van der Waals surface area contributed by atoms with Gasteiger partial charge >= 0.3 is 0 Å². The molecule has 34 heavy (non-hydrogen) atoms. The summed E-state index contributed by atoms with van der Waals surface area (Å²) < 4.78 is 45.2. The van der Waals surface area contributed by atoms with Crippen molar-refractivity contribution in [2.45, 2.75) is 38.5 Å². The van der Waals surface area contributed by atoms with Gasteiger partial charge in [0, 0.05) is 29.9 Å². The molecular formula is C26H27N3O5. The lowest BCUT2D eigenvalue weighted by molar-refractivity contribution is -0.143. The highest BCUT2D eigenvalue weighted by Gasteiger charge is 2.39. The molecule has 2 aromatic carbocycles. The Morgan fingerprint density at radius 1 is 1.21 bits per heavy atom. The lowest BCUT2D eigenvalue weighted by Crippen LogP contribution is -2.49. The highest BCUT2D eigenvalue weighted by atomic mass is 16.5. The fourth-order valence-corrected chi connectivity index (χ4v) is 4.18. The molecule has 0 spiro atoms. The zero-order valence-electron chi connectivity index (χ0n) is 22.6. The number of amides is 3. The van der Waals surface area contributed by atoms with E-state index in [1.807, 2.05) is 12.1 Å². The number of carbonyl (C=O) groups is 3. The number of morpholine rings is 1. The van der Waals surface area contributed by atoms with Gasteiger partial charge in [0.15, 0.2) is 0 Å². The second-order valence-corrected chi connectivity index (χ2v) is 8.44. The van der Waals surface area contributed by atoms with Crippen LogP contribution in [0.5, 0.6) is 5.75 Å². The van der Waals surface area contributed by atoms with Crippen LogP contribution in [0.25, 0.3) is 0 Å². The van der Waals surface area contributed by atoms with Crippen LogP contribution in [0.4, 0.5) is 0 Å². The van der Waals surface area contributed by atoms with Gasteiger partial charge < -0.3 is 24.6 Å². The number of carbonyl (C=O) groups excluding carboxylic acids is 3. The van der Waals surface area contributed by atoms with E-state index in [4.69, 9.17) is 15.0 Å². The number of fused-ring (bicyclic) bond motifs is 1. The molecule has 0 aliphatic carbocycles. The lowest BCUT2D eigenvalue weighted by Gasteiger charge is -2.31. The van der Waals surface area contributed by atoms with Gasteiger partial charge in [-0.15, -0.1) is 0 Å². The maximum atomic E-state index is 13.3. The summed E-state index contributed by atoms with van der Waals surface area (Å²) in [6.07, 6.45) is 0.614. The van der Waals surface area contributed by atoms with Gasteiger partial charge in [0.1, 0.15) is 25.0 Å². The predicted octanol–water partition coefficient (Wildman–Crippen LogP) is 2.37. The Kier molecular flexibility index (Phi) is 4.86. The van der Waals surface area contributed by atoms with E-state index in [0.717, 1.165) is 22.1 Å². The summed E-state index contributed by atoms with van der Waals surface area (Å²) >= 11 is 0. The highest BCUT2D eigenvalue weighted by Crippen LogP contribution is 2.34. The van der Waals surface area contributed by atoms with Crippen LogP contribution < -0.4 is 10.1 Å². The summed E-state index contributed by atoms with van der Waals surface area (Å²) in [5.41, 5.74) is 1.91. The molecule has 3 amide bonds. The zero-order chi connectivity index (χ0) is 27.2. The Balaban J connectivity index is 1.37. The van der Waals surface area contributed by atoms with Crippen molar-refractivity contribution in [1.82, 2.24) is 15.1 Å². The first-order valence-corrected chi connectivity index (χ1v) is 11.1. The number of piperidine rings is 1. The van der Waals surface area contributed by atoms with Crippen LogP contribution in [-0.4, -0.2) is 53.3 Å². The van der Waals surface area contributed by atoms with Crippen LogP contribution in [0.3, 0.4) is 0 Å². The fraction of sp³-hybridized carbons (Fsp3) is 0.346. The normalized spacial score (nSPS) is 23.6. The first-order valence-electron chi connectivity index (χ1n) is 13.1. The third-order valence-corrected chi connectivity index (χ3v) is 6.08. The van der Waals surface area contributed by atoms with Gasteiger partial charge in [-0.1, -0.05) is 36.9 Å². The van der Waals surface area contributed by atoms with Gasteiger partial charge in [-0.05, 0) is 36.1 Å². The maximum Gasteiger partial charge on any atom is 0.255 e. The second-order valence-electron chi connectivity index (χ2n) is 8.44. The molecular weight excluding hydrogens is 434 g/mol. The van der Waals surface area contributed by atoms with Gasteiger partial charge in [-0.2, -0.15) is 0 Å². The van der Waals surface area contributed by atoms with Crippen molar-refractivity contribution < 1.29 is 29.3 Å². The molecule has 0 saturated carbocycles. The van der Waals surface area contributed by atoms with E-state index in [9.17, 15) is 14.4 Å². The van der Waals surface area contributed by atoms with Crippen LogP contribution in [-0.2, 0) is 34.0 Å². The van der Waals surface area contributed by atoms with Gasteiger partial charge in [0.25, 0.3) is 5.91 Å². The molecule has 2 saturated heterocycles. The highest BCUT2D eigenvalue weighted by molar-refractivity contribution is 6.02. The SMILES string of the molecule is [2H]c1cc2c(c(OCc3ccc(CN4CCOCC4=O)cc3)c1[2H])C([2H])([2H])N(C1CCC(=C)NC1=O)C2=O. The number of benzene rings is 2. The quantitative estimate of drug-likeness (QED) is 0.708. The van der Waals surface area contributed by atoms with Crippen LogP contribution in [0.15, 0.2) is 54.7 Å². The molecule has 5 rings (SSSR count). The van der Waals surface area contributed by atoms with E-state index >= 15 is 0 Å². The van der Waals surface area contributed by atoms with Crippen molar-refractivity contribution in [1.29, 1.82) is 0 Å². The third-order valence-electron chi connectivity index (χ3n) is 6.08. The molecule has 2 aromatic rings. The summed E-state index contributed by atoms with van der Waals surface area (Å²) in [6, 6.07) is 6.80. The Hall–Kier alpha value is -3.65. The van der Waals surface area contributed by atoms with Crippen LogP contribution in [0.1, 0.15) is 45.4 Å². The van der Waals surface area contributed by atoms with E-state index in [-0.39, 0.29) is 54.5 Å². The van der Waals surface area contributed by atoms with Gasteiger partial charge in [-0.3, -0.25) is 14.4 Å². The van der Waals surface area contributed by atoms with Crippen LogP contribution in [0.2, 0.25) is 0 Å². The number of hydrogen-bond acceptors (Lipinski definition) is 5. The first kappa shape index (κ1) is 17.8. The Morgan fingerprint density at radius 2 is 2.00 bits per heavy atom. The van der Waals surface area contributed by atoms with Crippen molar-refractivity contribution in [3.05, 3.63) is 76.9 Å². The molecule has 8 nitrogen and oxygen atoms in total. The second kappa shape index (κ2) is 9.30. The minimum Gasteiger partial charge on any atom is -0.489 e. The molecule has 8 heteroatoms. The number of rotatable bonds is 6. The molecule has 2 fully saturated rings. The van der Waals surface area contributed by atoms with Gasteiger partial charge in [0.2, 0.25) is 11.8 Å². The minimum absolute atomic E-state index is 0.0352. The number of ether oxygens (including phenoxy) is 2. The van der Waals surface area contributed by atoms with Crippen LogP contribution >= 0.6 is 0 Å². The molecule has 176 valence electrons. The molecule has 0 radical (unpaired) electrons. The van der Waals surface area contributed by atoms with E-state index in [2.05, 4.69) is 11.9 Å². The molecule has 3 aliphatic rings. The summed E-state index contributed by atoms with van der Waals surface area (Å²) in [7, 11) is 0. The molecule has 3 aliphatic heterocycles. The standard InChI is InChI=1S/C26H27N3O5/c1-17-5-10-22(25(31)27-17)29-14-21-20(26(29)32)3-2-4-23(21)34-15-19-8-6-18(7-9-19)13-28-11-12-33-16-24(28)30/h2-4,6-9,22H,1,5,10-16H2,(H,27,31)/i2D,4D,14D2. The van der Waals surface area contributed by atoms with E-state index in [1.54, 1.807) is 17.0 Å². The largest absolute Gasteiger partial charge is 0.489 e.